The van der Waals surface area contributed by atoms with E-state index in [1.807, 2.05) is 30.3 Å². The second-order valence-electron chi connectivity index (χ2n) is 8.39. The first-order valence-electron chi connectivity index (χ1n) is 11.0. The molecule has 1 aromatic heterocycles. The van der Waals surface area contributed by atoms with Crippen LogP contribution in [0.25, 0.3) is 5.69 Å². The third kappa shape index (κ3) is 4.38. The first kappa shape index (κ1) is 22.0. The van der Waals surface area contributed by atoms with Crippen LogP contribution in [-0.2, 0) is 14.3 Å². The van der Waals surface area contributed by atoms with E-state index in [-0.39, 0.29) is 35.9 Å². The van der Waals surface area contributed by atoms with Gasteiger partial charge in [0, 0.05) is 45.6 Å². The Morgan fingerprint density at radius 2 is 1.88 bits per heavy atom. The van der Waals surface area contributed by atoms with Crippen LogP contribution in [0.3, 0.4) is 0 Å². The van der Waals surface area contributed by atoms with E-state index in [0.29, 0.717) is 57.0 Å². The minimum Gasteiger partial charge on any atom is -0.383 e. The number of piperidine rings is 1. The van der Waals surface area contributed by atoms with Gasteiger partial charge in [-0.05, 0) is 25.0 Å². The van der Waals surface area contributed by atoms with Crippen LogP contribution in [0.5, 0.6) is 0 Å². The fourth-order valence-electron chi connectivity index (χ4n) is 4.52. The Morgan fingerprint density at radius 3 is 2.56 bits per heavy atom. The van der Waals surface area contributed by atoms with Crippen molar-refractivity contribution in [1.29, 1.82) is 0 Å². The molecule has 1 unspecified atom stereocenters. The van der Waals surface area contributed by atoms with Crippen LogP contribution in [0, 0.1) is 11.8 Å². The van der Waals surface area contributed by atoms with Crippen molar-refractivity contribution < 1.29 is 19.1 Å². The molecule has 2 aliphatic rings. The summed E-state index contributed by atoms with van der Waals surface area (Å²) in [4.78, 5) is 41.6. The number of para-hydroxylation sites is 1. The number of carbonyl (C=O) groups is 3. The van der Waals surface area contributed by atoms with Crippen molar-refractivity contribution >= 4 is 23.4 Å². The molecule has 0 aliphatic carbocycles. The van der Waals surface area contributed by atoms with Gasteiger partial charge in [0.15, 0.2) is 5.78 Å². The largest absolute Gasteiger partial charge is 0.383 e. The summed E-state index contributed by atoms with van der Waals surface area (Å²) in [5, 5.41) is 4.29. The topological polar surface area (TPSA) is 111 Å². The number of likely N-dealkylation sites (tertiary alicyclic amines) is 2. The number of nitrogens with zero attached hydrogens (tertiary/aromatic N) is 4. The van der Waals surface area contributed by atoms with Gasteiger partial charge in [-0.1, -0.05) is 18.2 Å². The number of hydrogen-bond acceptors (Lipinski definition) is 6. The van der Waals surface area contributed by atoms with Crippen LogP contribution in [0.4, 0.5) is 5.82 Å². The first-order chi connectivity index (χ1) is 15.5. The molecule has 1 atom stereocenters. The summed E-state index contributed by atoms with van der Waals surface area (Å²) in [6.07, 6.45) is 2.93. The van der Waals surface area contributed by atoms with Gasteiger partial charge in [-0.2, -0.15) is 5.10 Å². The third-order valence-electron chi connectivity index (χ3n) is 6.38. The lowest BCUT2D eigenvalue weighted by Gasteiger charge is -2.32. The Morgan fingerprint density at radius 1 is 1.16 bits per heavy atom. The molecule has 0 bridgehead atoms. The summed E-state index contributed by atoms with van der Waals surface area (Å²) >= 11 is 0. The Kier molecular flexibility index (Phi) is 6.55. The van der Waals surface area contributed by atoms with Crippen molar-refractivity contribution in [3.8, 4) is 5.69 Å². The average Bonchev–Trinajstić information content (AvgIpc) is 3.39. The summed E-state index contributed by atoms with van der Waals surface area (Å²) in [5.74, 6) is -0.208. The average molecular weight is 440 g/mol. The molecule has 0 spiro atoms. The monoisotopic (exact) mass is 439 g/mol. The van der Waals surface area contributed by atoms with E-state index in [2.05, 4.69) is 5.10 Å². The van der Waals surface area contributed by atoms with Crippen molar-refractivity contribution in [1.82, 2.24) is 19.6 Å². The van der Waals surface area contributed by atoms with Gasteiger partial charge in [-0.15, -0.1) is 0 Å². The van der Waals surface area contributed by atoms with Gasteiger partial charge in [-0.3, -0.25) is 14.4 Å². The van der Waals surface area contributed by atoms with Crippen LogP contribution in [0.1, 0.15) is 29.6 Å². The Labute approximate surface area is 187 Å². The summed E-state index contributed by atoms with van der Waals surface area (Å²) in [7, 11) is 1.59. The predicted molar refractivity (Wildman–Crippen MR) is 118 cm³/mol. The number of carbonyl (C=O) groups excluding carboxylic acids is 3. The highest BCUT2D eigenvalue weighted by Crippen LogP contribution is 2.28. The van der Waals surface area contributed by atoms with Crippen LogP contribution in [0.2, 0.25) is 0 Å². The molecular formula is C23H29N5O4. The van der Waals surface area contributed by atoms with Crippen LogP contribution in [-0.4, -0.2) is 77.1 Å². The molecule has 1 aromatic carbocycles. The minimum atomic E-state index is -0.314. The van der Waals surface area contributed by atoms with Gasteiger partial charge < -0.3 is 20.3 Å². The minimum absolute atomic E-state index is 0.000534. The van der Waals surface area contributed by atoms with E-state index in [9.17, 15) is 14.4 Å². The van der Waals surface area contributed by atoms with Crippen molar-refractivity contribution in [2.24, 2.45) is 11.8 Å². The molecule has 9 heteroatoms. The molecule has 2 fully saturated rings. The highest BCUT2D eigenvalue weighted by Gasteiger charge is 2.38. The second kappa shape index (κ2) is 9.52. The van der Waals surface area contributed by atoms with Crippen molar-refractivity contribution in [2.45, 2.75) is 19.3 Å². The molecule has 170 valence electrons. The SMILES string of the molecule is COCCN1CC(C(=O)N2CCC(C(=O)c3cnn(-c4ccccc4)c3N)CC2)CC1=O. The van der Waals surface area contributed by atoms with E-state index in [1.54, 1.807) is 21.6 Å². The number of benzene rings is 1. The third-order valence-corrected chi connectivity index (χ3v) is 6.38. The van der Waals surface area contributed by atoms with Gasteiger partial charge in [0.1, 0.15) is 5.82 Å². The van der Waals surface area contributed by atoms with Crippen LogP contribution in [0.15, 0.2) is 36.5 Å². The standard InChI is InChI=1S/C23H29N5O4/c1-32-12-11-27-15-17(13-20(27)29)23(31)26-9-7-16(8-10-26)21(30)19-14-25-28(22(19)24)18-5-3-2-4-6-18/h2-6,14,16-17H,7-13,15,24H2,1H3. The fraction of sp³-hybridized carbons (Fsp3) is 0.478. The zero-order chi connectivity index (χ0) is 22.7. The molecular weight excluding hydrogens is 410 g/mol. The first-order valence-corrected chi connectivity index (χ1v) is 11.0. The smallest absolute Gasteiger partial charge is 0.227 e. The zero-order valence-electron chi connectivity index (χ0n) is 18.3. The number of anilines is 1. The number of ketones is 1. The maximum atomic E-state index is 13.1. The van der Waals surface area contributed by atoms with Crippen LogP contribution < -0.4 is 5.73 Å². The molecule has 32 heavy (non-hydrogen) atoms. The molecule has 0 radical (unpaired) electrons. The number of rotatable bonds is 7. The van der Waals surface area contributed by atoms with Crippen molar-refractivity contribution in [3.05, 3.63) is 42.1 Å². The molecule has 3 heterocycles. The van der Waals surface area contributed by atoms with Crippen LogP contribution >= 0.6 is 0 Å². The van der Waals surface area contributed by atoms with Crippen molar-refractivity contribution in [3.63, 3.8) is 0 Å². The van der Waals surface area contributed by atoms with Gasteiger partial charge in [0.2, 0.25) is 11.8 Å². The fourth-order valence-corrected chi connectivity index (χ4v) is 4.52. The lowest BCUT2D eigenvalue weighted by atomic mass is 9.89. The number of amides is 2. The Bertz CT molecular complexity index is 982. The van der Waals surface area contributed by atoms with Gasteiger partial charge in [-0.25, -0.2) is 4.68 Å². The number of Topliss-reactive ketones (excluding diaryl/α,β-unsaturated/α-hetero) is 1. The molecule has 2 saturated heterocycles. The molecule has 9 nitrogen and oxygen atoms in total. The summed E-state index contributed by atoms with van der Waals surface area (Å²) in [6.45, 7) is 2.42. The zero-order valence-corrected chi connectivity index (χ0v) is 18.3. The Hall–Kier alpha value is -3.20. The number of nitrogens with two attached hydrogens (primary N) is 1. The molecule has 0 saturated carbocycles. The van der Waals surface area contributed by atoms with E-state index in [4.69, 9.17) is 10.5 Å². The predicted octanol–water partition coefficient (Wildman–Crippen LogP) is 1.37. The summed E-state index contributed by atoms with van der Waals surface area (Å²) in [5.41, 5.74) is 7.46. The maximum absolute atomic E-state index is 13.1. The quantitative estimate of drug-likeness (QED) is 0.653. The Balaban J connectivity index is 1.34. The van der Waals surface area contributed by atoms with E-state index in [1.165, 1.54) is 6.20 Å². The number of aromatic nitrogens is 2. The van der Waals surface area contributed by atoms with Crippen molar-refractivity contribution in [2.75, 3.05) is 45.6 Å². The van der Waals surface area contributed by atoms with E-state index >= 15 is 0 Å². The number of hydrogen-bond donors (Lipinski definition) is 1. The normalized spacial score (nSPS) is 19.5. The van der Waals surface area contributed by atoms with E-state index < -0.39 is 0 Å². The molecule has 4 rings (SSSR count). The summed E-state index contributed by atoms with van der Waals surface area (Å²) < 4.78 is 6.60. The highest BCUT2D eigenvalue weighted by atomic mass is 16.5. The molecule has 2 amide bonds. The number of methoxy groups -OCH3 is 1. The lowest BCUT2D eigenvalue weighted by molar-refractivity contribution is -0.137. The van der Waals surface area contributed by atoms with Gasteiger partial charge in [0.25, 0.3) is 0 Å². The van der Waals surface area contributed by atoms with Gasteiger partial charge in [0.05, 0.1) is 30.0 Å². The second-order valence-corrected chi connectivity index (χ2v) is 8.39. The molecule has 2 aliphatic heterocycles. The number of nitrogen functional groups attached to an aromatic ring is 1. The van der Waals surface area contributed by atoms with E-state index in [0.717, 1.165) is 5.69 Å². The lowest BCUT2D eigenvalue weighted by Crippen LogP contribution is -2.43. The number of ether oxygens (including phenoxy) is 1. The maximum Gasteiger partial charge on any atom is 0.227 e. The molecule has 2 aromatic rings. The highest BCUT2D eigenvalue weighted by molar-refractivity contribution is 6.02. The molecule has 2 N–H and O–H groups in total. The van der Waals surface area contributed by atoms with Gasteiger partial charge >= 0.3 is 0 Å². The summed E-state index contributed by atoms with van der Waals surface area (Å²) in [6, 6.07) is 9.44.